The fourth-order valence-electron chi connectivity index (χ4n) is 9.76. The van der Waals surface area contributed by atoms with Crippen molar-refractivity contribution in [2.24, 2.45) is 0 Å². The molecule has 5 atom stereocenters. The van der Waals surface area contributed by atoms with Crippen molar-refractivity contribution in [3.05, 3.63) is 0 Å². The van der Waals surface area contributed by atoms with Gasteiger partial charge in [0.05, 0.1) is 30.5 Å². The highest BCUT2D eigenvalue weighted by Crippen LogP contribution is 2.15. The van der Waals surface area contributed by atoms with E-state index in [0.717, 1.165) is 130 Å². The summed E-state index contributed by atoms with van der Waals surface area (Å²) in [5.74, 6) is 0. The van der Waals surface area contributed by atoms with Crippen LogP contribution in [0.2, 0.25) is 0 Å². The van der Waals surface area contributed by atoms with E-state index in [-0.39, 0.29) is 30.5 Å². The molecule has 1 aliphatic rings. The van der Waals surface area contributed by atoms with E-state index in [9.17, 15) is 25.5 Å². The van der Waals surface area contributed by atoms with Crippen molar-refractivity contribution < 1.29 is 25.5 Å². The zero-order valence-corrected chi connectivity index (χ0v) is 44.2. The molecule has 1 heterocycles. The van der Waals surface area contributed by atoms with Gasteiger partial charge in [0.25, 0.3) is 0 Å². The number of unbranched alkanes of at least 4 members (excludes halogenated alkanes) is 20. The van der Waals surface area contributed by atoms with Gasteiger partial charge in [0.2, 0.25) is 0 Å². The standard InChI is InChI=1S/C55H115N5O5/c1-6-11-16-21-26-31-51(61)46-58(43-45-60(49-54(64)34-29-24-19-14-9-4)50-55(65)35-30-25-20-15-10-5)42-40-56-36-38-57(39-37-56)41-44-59(47-52(62)32-27-22-17-12-7-2)48-53(63)33-28-23-18-13-8-3/h51-55,61-65H,6-50H2,1-5H3. The first-order chi connectivity index (χ1) is 31.6. The minimum Gasteiger partial charge on any atom is -0.392 e. The second kappa shape index (κ2) is 44.8. The topological polar surface area (TPSA) is 117 Å². The molecule has 1 rings (SSSR count). The summed E-state index contributed by atoms with van der Waals surface area (Å²) < 4.78 is 0. The maximum absolute atomic E-state index is 11.3. The van der Waals surface area contributed by atoms with Crippen LogP contribution in [0.1, 0.15) is 227 Å². The van der Waals surface area contributed by atoms with Crippen molar-refractivity contribution >= 4 is 0 Å². The molecular formula is C55H115N5O5. The van der Waals surface area contributed by atoms with Gasteiger partial charge in [0, 0.05) is 98.2 Å². The minimum atomic E-state index is -0.380. The number of aliphatic hydroxyl groups excluding tert-OH is 5. The molecule has 10 heteroatoms. The van der Waals surface area contributed by atoms with Crippen LogP contribution >= 0.6 is 0 Å². The first-order valence-electron chi connectivity index (χ1n) is 28.7. The van der Waals surface area contributed by atoms with E-state index in [2.05, 4.69) is 59.1 Å². The quantitative estimate of drug-likeness (QED) is 0.0378. The Balaban J connectivity index is 2.86. The second-order valence-electron chi connectivity index (χ2n) is 20.8. The molecule has 0 spiro atoms. The second-order valence-corrected chi connectivity index (χ2v) is 20.8. The lowest BCUT2D eigenvalue weighted by Gasteiger charge is -2.37. The minimum absolute atomic E-state index is 0.337. The number of piperazine rings is 1. The van der Waals surface area contributed by atoms with Gasteiger partial charge in [-0.25, -0.2) is 0 Å². The predicted octanol–water partition coefficient (Wildman–Crippen LogP) is 10.1. The third kappa shape index (κ3) is 38.1. The van der Waals surface area contributed by atoms with Crippen molar-refractivity contribution in [2.45, 2.75) is 258 Å². The Morgan fingerprint density at radius 2 is 0.508 bits per heavy atom. The van der Waals surface area contributed by atoms with Crippen LogP contribution in [0.15, 0.2) is 0 Å². The third-order valence-electron chi connectivity index (χ3n) is 14.2. The first kappa shape index (κ1) is 62.6. The number of nitrogens with zero attached hydrogens (tertiary/aromatic N) is 5. The van der Waals surface area contributed by atoms with Gasteiger partial charge in [-0.1, -0.05) is 195 Å². The van der Waals surface area contributed by atoms with Crippen molar-refractivity contribution in [2.75, 3.05) is 98.2 Å². The van der Waals surface area contributed by atoms with Crippen LogP contribution in [0.25, 0.3) is 0 Å². The molecule has 0 saturated carbocycles. The lowest BCUT2D eigenvalue weighted by Crippen LogP contribution is -2.51. The number of hydrogen-bond donors (Lipinski definition) is 5. The molecular weight excluding hydrogens is 811 g/mol. The van der Waals surface area contributed by atoms with Gasteiger partial charge in [-0.15, -0.1) is 0 Å². The summed E-state index contributed by atoms with van der Waals surface area (Å²) >= 11 is 0. The number of aliphatic hydroxyl groups is 5. The lowest BCUT2D eigenvalue weighted by molar-refractivity contribution is 0.0419. The summed E-state index contributed by atoms with van der Waals surface area (Å²) in [6, 6.07) is 0. The Labute approximate surface area is 404 Å². The third-order valence-corrected chi connectivity index (χ3v) is 14.2. The van der Waals surface area contributed by atoms with Crippen LogP contribution in [0.4, 0.5) is 0 Å². The van der Waals surface area contributed by atoms with E-state index in [0.29, 0.717) is 32.7 Å². The SMILES string of the molecule is CCCCCCCC(O)CN(CCN1CCN(CCN(CC(O)CCCCCCC)CC(O)CCCCCCC)CC1)CCN(CC(O)CCCCCCC)CC(O)CCCCCCC. The highest BCUT2D eigenvalue weighted by molar-refractivity contribution is 4.78. The first-order valence-corrected chi connectivity index (χ1v) is 28.7. The van der Waals surface area contributed by atoms with Crippen LogP contribution in [-0.2, 0) is 0 Å². The molecule has 5 unspecified atom stereocenters. The predicted molar refractivity (Wildman–Crippen MR) is 279 cm³/mol. The largest absolute Gasteiger partial charge is 0.392 e. The zero-order chi connectivity index (χ0) is 47.6. The van der Waals surface area contributed by atoms with Crippen LogP contribution in [0.5, 0.6) is 0 Å². The van der Waals surface area contributed by atoms with E-state index >= 15 is 0 Å². The normalized spacial score (nSPS) is 16.6. The summed E-state index contributed by atoms with van der Waals surface area (Å²) in [6.45, 7) is 23.8. The van der Waals surface area contributed by atoms with Gasteiger partial charge in [-0.3, -0.25) is 24.5 Å². The molecule has 10 nitrogen and oxygen atoms in total. The summed E-state index contributed by atoms with van der Waals surface area (Å²) in [6.07, 6.45) is 32.4. The van der Waals surface area contributed by atoms with E-state index in [1.165, 1.54) is 128 Å². The Morgan fingerprint density at radius 1 is 0.292 bits per heavy atom. The summed E-state index contributed by atoms with van der Waals surface area (Å²) in [5, 5.41) is 55.7. The Bertz CT molecular complexity index is 933. The van der Waals surface area contributed by atoms with Crippen molar-refractivity contribution in [3.8, 4) is 0 Å². The lowest BCUT2D eigenvalue weighted by atomic mass is 10.1. The molecule has 0 amide bonds. The maximum atomic E-state index is 11.3. The van der Waals surface area contributed by atoms with Gasteiger partial charge in [-0.05, 0) is 32.1 Å². The summed E-state index contributed by atoms with van der Waals surface area (Å²) in [4.78, 5) is 12.3. The summed E-state index contributed by atoms with van der Waals surface area (Å²) in [5.41, 5.74) is 0. The van der Waals surface area contributed by atoms with Crippen molar-refractivity contribution in [1.82, 2.24) is 24.5 Å². The molecule has 0 aromatic rings. The van der Waals surface area contributed by atoms with E-state index in [4.69, 9.17) is 0 Å². The molecule has 5 N–H and O–H groups in total. The van der Waals surface area contributed by atoms with Gasteiger partial charge in [0.1, 0.15) is 0 Å². The Morgan fingerprint density at radius 3 is 0.785 bits per heavy atom. The van der Waals surface area contributed by atoms with Crippen LogP contribution < -0.4 is 0 Å². The van der Waals surface area contributed by atoms with Crippen LogP contribution in [0, 0.1) is 0 Å². The van der Waals surface area contributed by atoms with Gasteiger partial charge in [0.15, 0.2) is 0 Å². The monoisotopic (exact) mass is 926 g/mol. The fraction of sp³-hybridized carbons (Fsp3) is 1.00. The van der Waals surface area contributed by atoms with Crippen LogP contribution in [0.3, 0.4) is 0 Å². The van der Waals surface area contributed by atoms with E-state index < -0.39 is 0 Å². The van der Waals surface area contributed by atoms with Crippen LogP contribution in [-0.4, -0.2) is 179 Å². The molecule has 65 heavy (non-hydrogen) atoms. The average molecular weight is 927 g/mol. The molecule has 1 aliphatic heterocycles. The molecule has 0 aliphatic carbocycles. The average Bonchev–Trinajstić information content (AvgIpc) is 3.29. The van der Waals surface area contributed by atoms with E-state index in [1.54, 1.807) is 0 Å². The number of hydrogen-bond acceptors (Lipinski definition) is 10. The molecule has 0 aromatic carbocycles. The Kier molecular flexibility index (Phi) is 43.1. The molecule has 1 fully saturated rings. The van der Waals surface area contributed by atoms with Gasteiger partial charge in [-0.2, -0.15) is 0 Å². The fourth-order valence-corrected chi connectivity index (χ4v) is 9.76. The highest BCUT2D eigenvalue weighted by Gasteiger charge is 2.23. The maximum Gasteiger partial charge on any atom is 0.0667 e. The highest BCUT2D eigenvalue weighted by atomic mass is 16.3. The molecule has 0 radical (unpaired) electrons. The van der Waals surface area contributed by atoms with Gasteiger partial charge >= 0.3 is 0 Å². The smallest absolute Gasteiger partial charge is 0.0667 e. The molecule has 390 valence electrons. The van der Waals surface area contributed by atoms with E-state index in [1.807, 2.05) is 0 Å². The zero-order valence-electron chi connectivity index (χ0n) is 44.2. The Hall–Kier alpha value is -0.400. The van der Waals surface area contributed by atoms with Gasteiger partial charge < -0.3 is 25.5 Å². The number of rotatable bonds is 49. The molecule has 1 saturated heterocycles. The summed E-state index contributed by atoms with van der Waals surface area (Å²) in [7, 11) is 0. The van der Waals surface area contributed by atoms with Crippen molar-refractivity contribution in [3.63, 3.8) is 0 Å². The van der Waals surface area contributed by atoms with Crippen molar-refractivity contribution in [1.29, 1.82) is 0 Å². The molecule has 0 bridgehead atoms. The molecule has 0 aromatic heterocycles.